The van der Waals surface area contributed by atoms with Gasteiger partial charge in [-0.15, -0.1) is 21.8 Å². The summed E-state index contributed by atoms with van der Waals surface area (Å²) in [4.78, 5) is 0. The van der Waals surface area contributed by atoms with Gasteiger partial charge in [-0.05, 0) is 24.0 Å². The van der Waals surface area contributed by atoms with Gasteiger partial charge in [-0.3, -0.25) is 0 Å². The van der Waals surface area contributed by atoms with E-state index in [4.69, 9.17) is 0 Å². The van der Waals surface area contributed by atoms with Crippen molar-refractivity contribution in [1.29, 1.82) is 0 Å². The summed E-state index contributed by atoms with van der Waals surface area (Å²) in [6, 6.07) is 6.90. The fourth-order valence-electron chi connectivity index (χ4n) is 1.89. The molecule has 0 unspecified atom stereocenters. The molecule has 1 rings (SSSR count). The van der Waals surface area contributed by atoms with Crippen LogP contribution in [0.1, 0.15) is 37.8 Å². The molecule has 1 aromatic rings. The van der Waals surface area contributed by atoms with Crippen LogP contribution in [0.4, 0.5) is 0 Å². The highest BCUT2D eigenvalue weighted by molar-refractivity contribution is 14.1. The van der Waals surface area contributed by atoms with Crippen molar-refractivity contribution in [3.63, 3.8) is 0 Å². The molecule has 0 nitrogen and oxygen atoms in total. The lowest BCUT2D eigenvalue weighted by atomic mass is 10.00. The lowest BCUT2D eigenvalue weighted by molar-refractivity contribution is 0.866. The van der Waals surface area contributed by atoms with Crippen molar-refractivity contribution < 1.29 is 0 Å². The van der Waals surface area contributed by atoms with Crippen LogP contribution >= 0.6 is 21.8 Å². The molecular formula is C12H19ISi. The third-order valence-corrected chi connectivity index (χ3v) is 5.95. The van der Waals surface area contributed by atoms with E-state index in [0.29, 0.717) is 0 Å². The highest BCUT2D eigenvalue weighted by Gasteiger charge is 2.05. The van der Waals surface area contributed by atoms with Crippen molar-refractivity contribution in [2.75, 3.05) is 0 Å². The van der Waals surface area contributed by atoms with Crippen LogP contribution in [0, 0.1) is 0 Å². The second-order valence-corrected chi connectivity index (χ2v) is 7.01. The minimum atomic E-state index is -0.0263. The van der Waals surface area contributed by atoms with Crippen LogP contribution in [0.2, 0.25) is 0 Å². The van der Waals surface area contributed by atoms with Crippen molar-refractivity contribution in [2.24, 2.45) is 0 Å². The van der Waals surface area contributed by atoms with Gasteiger partial charge in [0.15, 0.2) is 0 Å². The summed E-state index contributed by atoms with van der Waals surface area (Å²) in [7, 11) is -0.0263. The largest absolute Gasteiger partial charge is 0.125 e. The van der Waals surface area contributed by atoms with Gasteiger partial charge in [-0.25, -0.2) is 0 Å². The van der Waals surface area contributed by atoms with E-state index in [-0.39, 0.29) is 7.02 Å². The Morgan fingerprint density at radius 1 is 1.14 bits per heavy atom. The summed E-state index contributed by atoms with van der Waals surface area (Å²) in [5.74, 6) is 0. The molecule has 0 heterocycles. The molecule has 0 radical (unpaired) electrons. The fourth-order valence-corrected chi connectivity index (χ4v) is 4.82. The third-order valence-electron chi connectivity index (χ3n) is 2.53. The molecule has 0 aliphatic rings. The summed E-state index contributed by atoms with van der Waals surface area (Å²) in [5, 5.41) is 1.68. The van der Waals surface area contributed by atoms with E-state index < -0.39 is 0 Å². The number of hydrogen-bond donors (Lipinski definition) is 0. The second kappa shape index (κ2) is 6.61. The maximum atomic E-state index is 2.60. The molecule has 0 spiro atoms. The zero-order valence-electron chi connectivity index (χ0n) is 9.15. The maximum Gasteiger partial charge on any atom is 0.125 e. The number of rotatable bonds is 5. The summed E-state index contributed by atoms with van der Waals surface area (Å²) >= 11 is 2.60. The Morgan fingerprint density at radius 3 is 2.43 bits per heavy atom. The molecule has 0 aromatic heterocycles. The molecule has 0 amide bonds. The van der Waals surface area contributed by atoms with Crippen LogP contribution in [0.25, 0.3) is 0 Å². The maximum absolute atomic E-state index is 2.60. The summed E-state index contributed by atoms with van der Waals surface area (Å²) in [5.41, 5.74) is 3.29. The van der Waals surface area contributed by atoms with Crippen molar-refractivity contribution in [2.45, 2.75) is 39.5 Å². The Morgan fingerprint density at radius 2 is 1.86 bits per heavy atom. The van der Waals surface area contributed by atoms with Gasteiger partial charge in [0.25, 0.3) is 0 Å². The first-order valence-electron chi connectivity index (χ1n) is 5.49. The molecule has 2 heteroatoms. The van der Waals surface area contributed by atoms with Gasteiger partial charge in [0.05, 0.1) is 0 Å². The fraction of sp³-hybridized carbons (Fsp3) is 0.500. The van der Waals surface area contributed by atoms with E-state index in [1.54, 1.807) is 16.3 Å². The summed E-state index contributed by atoms with van der Waals surface area (Å²) in [6.45, 7) is 4.55. The Labute approximate surface area is 103 Å². The Balaban J connectivity index is 3.00. The molecule has 0 aliphatic heterocycles. The van der Waals surface area contributed by atoms with E-state index in [1.807, 2.05) is 0 Å². The minimum absolute atomic E-state index is 0.0263. The molecule has 1 aromatic carbocycles. The van der Waals surface area contributed by atoms with Gasteiger partial charge in [0.2, 0.25) is 0 Å². The zero-order chi connectivity index (χ0) is 10.4. The molecule has 78 valence electrons. The number of aryl methyl sites for hydroxylation is 1. The smallest absolute Gasteiger partial charge is 0.122 e. The van der Waals surface area contributed by atoms with Gasteiger partial charge < -0.3 is 0 Å². The molecular weight excluding hydrogens is 299 g/mol. The Kier molecular flexibility index (Phi) is 5.78. The molecule has 0 bridgehead atoms. The molecule has 0 fully saturated rings. The third kappa shape index (κ3) is 3.09. The minimum Gasteiger partial charge on any atom is -0.122 e. The van der Waals surface area contributed by atoms with Crippen molar-refractivity contribution >= 4 is 34.0 Å². The van der Waals surface area contributed by atoms with E-state index in [1.165, 1.54) is 25.7 Å². The monoisotopic (exact) mass is 318 g/mol. The lowest BCUT2D eigenvalue weighted by Crippen LogP contribution is -2.17. The van der Waals surface area contributed by atoms with Crippen LogP contribution in [-0.2, 0) is 12.8 Å². The van der Waals surface area contributed by atoms with Crippen LogP contribution in [0.15, 0.2) is 18.2 Å². The van der Waals surface area contributed by atoms with Crippen LogP contribution < -0.4 is 5.19 Å². The molecule has 0 saturated heterocycles. The van der Waals surface area contributed by atoms with E-state index in [9.17, 15) is 0 Å². The Hall–Kier alpha value is 0.167. The average molecular weight is 318 g/mol. The highest BCUT2D eigenvalue weighted by Crippen LogP contribution is 2.11. The van der Waals surface area contributed by atoms with Crippen LogP contribution in [0.3, 0.4) is 0 Å². The molecule has 0 atom stereocenters. The Bertz CT molecular complexity index is 284. The quantitative estimate of drug-likeness (QED) is 0.445. The molecule has 0 aliphatic carbocycles. The first-order valence-corrected chi connectivity index (χ1v) is 11.3. The van der Waals surface area contributed by atoms with Gasteiger partial charge >= 0.3 is 0 Å². The van der Waals surface area contributed by atoms with Gasteiger partial charge in [-0.2, -0.15) is 0 Å². The normalized spacial score (nSPS) is 11.4. The zero-order valence-corrected chi connectivity index (χ0v) is 12.7. The SMILES string of the molecule is CCCc1cccc([SiH2]I)c1CCC. The summed E-state index contributed by atoms with van der Waals surface area (Å²) in [6.07, 6.45) is 5.08. The topological polar surface area (TPSA) is 0 Å². The molecule has 0 N–H and O–H groups in total. The van der Waals surface area contributed by atoms with Crippen molar-refractivity contribution in [3.05, 3.63) is 29.3 Å². The van der Waals surface area contributed by atoms with Crippen LogP contribution in [-0.4, -0.2) is 7.02 Å². The van der Waals surface area contributed by atoms with Crippen LogP contribution in [0.5, 0.6) is 0 Å². The average Bonchev–Trinajstić information content (AvgIpc) is 2.21. The summed E-state index contributed by atoms with van der Waals surface area (Å²) < 4.78 is 0. The second-order valence-electron chi connectivity index (χ2n) is 3.69. The van der Waals surface area contributed by atoms with Gasteiger partial charge in [0.1, 0.15) is 7.02 Å². The lowest BCUT2D eigenvalue weighted by Gasteiger charge is -2.12. The van der Waals surface area contributed by atoms with Gasteiger partial charge in [0, 0.05) is 0 Å². The number of halogens is 1. The van der Waals surface area contributed by atoms with Crippen molar-refractivity contribution in [1.82, 2.24) is 0 Å². The van der Waals surface area contributed by atoms with Gasteiger partial charge in [-0.1, -0.05) is 50.1 Å². The molecule has 14 heavy (non-hydrogen) atoms. The van der Waals surface area contributed by atoms with E-state index in [0.717, 1.165) is 0 Å². The highest BCUT2D eigenvalue weighted by atomic mass is 127. The molecule has 0 saturated carbocycles. The number of hydrogen-bond acceptors (Lipinski definition) is 0. The predicted molar refractivity (Wildman–Crippen MR) is 76.6 cm³/mol. The van der Waals surface area contributed by atoms with Crippen molar-refractivity contribution in [3.8, 4) is 0 Å². The van der Waals surface area contributed by atoms with E-state index in [2.05, 4.69) is 53.8 Å². The predicted octanol–water partition coefficient (Wildman–Crippen LogP) is 2.74. The first kappa shape index (κ1) is 12.2. The first-order chi connectivity index (χ1) is 6.83. The van der Waals surface area contributed by atoms with E-state index >= 15 is 0 Å². The number of benzene rings is 1. The standard InChI is InChI=1S/C12H19ISi/c1-3-6-10-8-5-9-12(14-13)11(10)7-4-2/h5,8-9H,3-4,6-7,14H2,1-2H3.